The van der Waals surface area contributed by atoms with Gasteiger partial charge in [0.15, 0.2) is 0 Å². The van der Waals surface area contributed by atoms with E-state index in [4.69, 9.17) is 5.73 Å². The van der Waals surface area contributed by atoms with Crippen LogP contribution in [0.15, 0.2) is 12.1 Å². The van der Waals surface area contributed by atoms with Gasteiger partial charge in [-0.3, -0.25) is 4.79 Å². The van der Waals surface area contributed by atoms with Gasteiger partial charge < -0.3 is 10.6 Å². The van der Waals surface area contributed by atoms with E-state index in [-0.39, 0.29) is 12.1 Å². The van der Waals surface area contributed by atoms with Crippen molar-refractivity contribution in [2.24, 2.45) is 5.73 Å². The Morgan fingerprint density at radius 3 is 2.79 bits per heavy atom. The summed E-state index contributed by atoms with van der Waals surface area (Å²) in [6, 6.07) is 5.03. The third-order valence-corrected chi connectivity index (χ3v) is 5.48. The van der Waals surface area contributed by atoms with Gasteiger partial charge in [-0.15, -0.1) is 11.3 Å². The van der Waals surface area contributed by atoms with Gasteiger partial charge in [0.2, 0.25) is 5.91 Å². The molecule has 0 spiro atoms. The van der Waals surface area contributed by atoms with Crippen molar-refractivity contribution >= 4 is 17.2 Å². The van der Waals surface area contributed by atoms with E-state index >= 15 is 0 Å². The van der Waals surface area contributed by atoms with Gasteiger partial charge in [-0.1, -0.05) is 6.92 Å². The monoisotopic (exact) mass is 278 g/mol. The highest BCUT2D eigenvalue weighted by Gasteiger charge is 2.42. The van der Waals surface area contributed by atoms with Crippen molar-refractivity contribution in [3.05, 3.63) is 21.9 Å². The molecule has 1 aromatic heterocycles. The molecule has 1 aromatic rings. The zero-order chi connectivity index (χ0) is 13.4. The van der Waals surface area contributed by atoms with E-state index in [1.165, 1.54) is 9.75 Å². The lowest BCUT2D eigenvalue weighted by molar-refractivity contribution is -0.133. The maximum atomic E-state index is 12.4. The molecule has 1 saturated carbocycles. The van der Waals surface area contributed by atoms with Gasteiger partial charge in [0.25, 0.3) is 0 Å². The zero-order valence-electron chi connectivity index (χ0n) is 11.5. The molecular weight excluding hydrogens is 256 g/mol. The molecule has 2 unspecified atom stereocenters. The fourth-order valence-electron chi connectivity index (χ4n) is 3.01. The molecule has 0 bridgehead atoms. The molecule has 2 fully saturated rings. The first-order valence-corrected chi connectivity index (χ1v) is 8.17. The molecule has 1 aliphatic carbocycles. The molecule has 1 amide bonds. The largest absolute Gasteiger partial charge is 0.330 e. The molecule has 104 valence electrons. The van der Waals surface area contributed by atoms with Crippen molar-refractivity contribution in [2.45, 2.75) is 63.6 Å². The first-order chi connectivity index (χ1) is 9.20. The van der Waals surface area contributed by atoms with Crippen LogP contribution in [0.1, 0.15) is 54.8 Å². The number of hydrogen-bond donors (Lipinski definition) is 1. The normalized spacial score (nSPS) is 28.5. The molecule has 1 saturated heterocycles. The topological polar surface area (TPSA) is 46.3 Å². The van der Waals surface area contributed by atoms with E-state index in [1.54, 1.807) is 0 Å². The Kier molecular flexibility index (Phi) is 3.63. The standard InChI is InChI=1S/C15H22N2OS/c1-2-11-8-9-13(19-11)15-12(16)4-3-5-14(18)17(15)10-6-7-10/h8-10,12,15H,2-7,16H2,1H3. The number of amides is 1. The summed E-state index contributed by atoms with van der Waals surface area (Å²) in [5, 5.41) is 0. The molecule has 3 rings (SSSR count). The van der Waals surface area contributed by atoms with Crippen LogP contribution in [0, 0.1) is 0 Å². The van der Waals surface area contributed by atoms with Gasteiger partial charge >= 0.3 is 0 Å². The lowest BCUT2D eigenvalue weighted by Crippen LogP contribution is -2.43. The van der Waals surface area contributed by atoms with Crippen LogP contribution >= 0.6 is 11.3 Å². The molecule has 4 heteroatoms. The highest BCUT2D eigenvalue weighted by Crippen LogP contribution is 2.41. The number of carbonyl (C=O) groups is 1. The highest BCUT2D eigenvalue weighted by molar-refractivity contribution is 7.12. The third kappa shape index (κ3) is 2.56. The van der Waals surface area contributed by atoms with Crippen LogP contribution in [-0.2, 0) is 11.2 Å². The van der Waals surface area contributed by atoms with Crippen LogP contribution in [0.3, 0.4) is 0 Å². The number of rotatable bonds is 3. The van der Waals surface area contributed by atoms with Crippen LogP contribution < -0.4 is 5.73 Å². The maximum Gasteiger partial charge on any atom is 0.223 e. The quantitative estimate of drug-likeness (QED) is 0.924. The number of nitrogens with two attached hydrogens (primary N) is 1. The Morgan fingerprint density at radius 2 is 2.16 bits per heavy atom. The number of carbonyl (C=O) groups excluding carboxylic acids is 1. The summed E-state index contributed by atoms with van der Waals surface area (Å²) in [6.45, 7) is 2.17. The Bertz CT molecular complexity index is 466. The average molecular weight is 278 g/mol. The number of nitrogens with zero attached hydrogens (tertiary/aromatic N) is 1. The fraction of sp³-hybridized carbons (Fsp3) is 0.667. The Balaban J connectivity index is 1.94. The van der Waals surface area contributed by atoms with Gasteiger partial charge in [-0.25, -0.2) is 0 Å². The molecular formula is C15H22N2OS. The van der Waals surface area contributed by atoms with Gasteiger partial charge in [0.05, 0.1) is 6.04 Å². The Hall–Kier alpha value is -0.870. The predicted octanol–water partition coefficient (Wildman–Crippen LogP) is 2.85. The average Bonchev–Trinajstić information content (AvgIpc) is 3.14. The van der Waals surface area contributed by atoms with E-state index in [1.807, 2.05) is 11.3 Å². The minimum absolute atomic E-state index is 0.0930. The second-order valence-electron chi connectivity index (χ2n) is 5.69. The summed E-state index contributed by atoms with van der Waals surface area (Å²) in [5.74, 6) is 0.312. The third-order valence-electron chi connectivity index (χ3n) is 4.18. The first-order valence-electron chi connectivity index (χ1n) is 7.36. The molecule has 1 aliphatic heterocycles. The van der Waals surface area contributed by atoms with E-state index in [2.05, 4.69) is 24.0 Å². The molecule has 0 aromatic carbocycles. The van der Waals surface area contributed by atoms with E-state index in [0.29, 0.717) is 18.4 Å². The van der Waals surface area contributed by atoms with Gasteiger partial charge in [-0.2, -0.15) is 0 Å². The predicted molar refractivity (Wildman–Crippen MR) is 78.1 cm³/mol. The molecule has 2 heterocycles. The van der Waals surface area contributed by atoms with Crippen LogP contribution in [0.4, 0.5) is 0 Å². The SMILES string of the molecule is CCc1ccc(C2C(N)CCCC(=O)N2C2CC2)s1. The summed E-state index contributed by atoms with van der Waals surface area (Å²) < 4.78 is 0. The van der Waals surface area contributed by atoms with Gasteiger partial charge in [0, 0.05) is 28.3 Å². The maximum absolute atomic E-state index is 12.4. The fourth-order valence-corrected chi connectivity index (χ4v) is 4.14. The van der Waals surface area contributed by atoms with Gasteiger partial charge in [-0.05, 0) is 44.2 Å². The van der Waals surface area contributed by atoms with E-state index in [9.17, 15) is 4.79 Å². The van der Waals surface area contributed by atoms with E-state index < -0.39 is 0 Å². The second-order valence-corrected chi connectivity index (χ2v) is 6.89. The lowest BCUT2D eigenvalue weighted by atomic mass is 10.0. The zero-order valence-corrected chi connectivity index (χ0v) is 12.3. The van der Waals surface area contributed by atoms with Crippen LogP contribution in [0.5, 0.6) is 0 Å². The summed E-state index contributed by atoms with van der Waals surface area (Å²) in [7, 11) is 0. The Labute approximate surface area is 118 Å². The second kappa shape index (κ2) is 5.25. The molecule has 19 heavy (non-hydrogen) atoms. The van der Waals surface area contributed by atoms with Crippen molar-refractivity contribution < 1.29 is 4.79 Å². The molecule has 0 radical (unpaired) electrons. The number of aryl methyl sites for hydroxylation is 1. The van der Waals surface area contributed by atoms with Crippen molar-refractivity contribution in [3.8, 4) is 0 Å². The van der Waals surface area contributed by atoms with Crippen molar-refractivity contribution in [2.75, 3.05) is 0 Å². The first kappa shape index (κ1) is 13.1. The molecule has 2 N–H and O–H groups in total. The van der Waals surface area contributed by atoms with Crippen LogP contribution in [-0.4, -0.2) is 22.9 Å². The minimum Gasteiger partial charge on any atom is -0.330 e. The molecule has 2 aliphatic rings. The lowest BCUT2D eigenvalue weighted by Gasteiger charge is -2.33. The molecule has 2 atom stereocenters. The minimum atomic E-state index is 0.0930. The number of likely N-dealkylation sites (tertiary alicyclic amines) is 1. The number of hydrogen-bond acceptors (Lipinski definition) is 3. The van der Waals surface area contributed by atoms with Crippen molar-refractivity contribution in [1.29, 1.82) is 0 Å². The number of thiophene rings is 1. The van der Waals surface area contributed by atoms with Crippen LogP contribution in [0.2, 0.25) is 0 Å². The molecule has 3 nitrogen and oxygen atoms in total. The summed E-state index contributed by atoms with van der Waals surface area (Å²) >= 11 is 1.83. The van der Waals surface area contributed by atoms with Crippen LogP contribution in [0.25, 0.3) is 0 Å². The van der Waals surface area contributed by atoms with Gasteiger partial charge in [0.1, 0.15) is 0 Å². The summed E-state index contributed by atoms with van der Waals surface area (Å²) in [5.41, 5.74) is 6.39. The highest BCUT2D eigenvalue weighted by atomic mass is 32.1. The van der Waals surface area contributed by atoms with E-state index in [0.717, 1.165) is 32.1 Å². The summed E-state index contributed by atoms with van der Waals surface area (Å²) in [6.07, 6.45) is 5.93. The smallest absolute Gasteiger partial charge is 0.223 e. The summed E-state index contributed by atoms with van der Waals surface area (Å²) in [4.78, 5) is 17.2. The Morgan fingerprint density at radius 1 is 1.37 bits per heavy atom. The van der Waals surface area contributed by atoms with Crippen molar-refractivity contribution in [1.82, 2.24) is 4.90 Å². The van der Waals surface area contributed by atoms with Crippen molar-refractivity contribution in [3.63, 3.8) is 0 Å².